The van der Waals surface area contributed by atoms with Gasteiger partial charge in [0.05, 0.1) is 0 Å². The lowest BCUT2D eigenvalue weighted by molar-refractivity contribution is 1.47. The van der Waals surface area contributed by atoms with Gasteiger partial charge < -0.3 is 5.73 Å². The van der Waals surface area contributed by atoms with Crippen molar-refractivity contribution in [1.82, 2.24) is 0 Å². The summed E-state index contributed by atoms with van der Waals surface area (Å²) in [5, 5.41) is 0.726. The summed E-state index contributed by atoms with van der Waals surface area (Å²) >= 11 is 10.3. The number of anilines is 1. The van der Waals surface area contributed by atoms with Crippen LogP contribution in [0.4, 0.5) is 5.69 Å². The van der Waals surface area contributed by atoms with Crippen LogP contribution in [0.15, 0.2) is 47.4 Å². The van der Waals surface area contributed by atoms with Crippen molar-refractivity contribution in [3.05, 3.63) is 47.5 Å². The first kappa shape index (κ1) is 10.4. The second-order valence-corrected chi connectivity index (χ2v) is 4.14. The van der Waals surface area contributed by atoms with E-state index in [9.17, 15) is 0 Å². The molecule has 0 saturated heterocycles. The molecule has 0 spiro atoms. The molecular formula is C12H10ClNS. The van der Waals surface area contributed by atoms with E-state index in [2.05, 4.69) is 12.6 Å². The number of hydrogen-bond donors (Lipinski definition) is 2. The minimum Gasteiger partial charge on any atom is -0.398 e. The van der Waals surface area contributed by atoms with E-state index in [1.165, 1.54) is 0 Å². The molecule has 0 aliphatic heterocycles. The number of halogens is 1. The van der Waals surface area contributed by atoms with Gasteiger partial charge in [0.1, 0.15) is 0 Å². The maximum absolute atomic E-state index is 6.09. The van der Waals surface area contributed by atoms with E-state index in [-0.39, 0.29) is 0 Å². The molecule has 15 heavy (non-hydrogen) atoms. The highest BCUT2D eigenvalue weighted by atomic mass is 35.5. The Balaban J connectivity index is 2.55. The van der Waals surface area contributed by atoms with Gasteiger partial charge in [-0.3, -0.25) is 0 Å². The van der Waals surface area contributed by atoms with Crippen molar-refractivity contribution in [2.45, 2.75) is 4.90 Å². The summed E-state index contributed by atoms with van der Waals surface area (Å²) in [5.41, 5.74) is 8.45. The Morgan fingerprint density at radius 2 is 1.80 bits per heavy atom. The smallest absolute Gasteiger partial charge is 0.0484 e. The van der Waals surface area contributed by atoms with Crippen LogP contribution in [0.3, 0.4) is 0 Å². The molecule has 2 rings (SSSR count). The van der Waals surface area contributed by atoms with Crippen LogP contribution in [0.2, 0.25) is 5.02 Å². The van der Waals surface area contributed by atoms with Gasteiger partial charge >= 0.3 is 0 Å². The number of hydrogen-bond acceptors (Lipinski definition) is 2. The number of thiol groups is 1. The summed E-state index contributed by atoms with van der Waals surface area (Å²) in [6, 6.07) is 13.4. The van der Waals surface area contributed by atoms with Crippen LogP contribution < -0.4 is 5.73 Å². The molecule has 0 fully saturated rings. The van der Waals surface area contributed by atoms with Crippen LogP contribution >= 0.6 is 24.2 Å². The molecule has 0 aromatic heterocycles. The fourth-order valence-corrected chi connectivity index (χ4v) is 1.80. The maximum atomic E-state index is 6.09. The SMILES string of the molecule is Nc1cc(-c2ccccc2Cl)ccc1S. The summed E-state index contributed by atoms with van der Waals surface area (Å²) < 4.78 is 0. The largest absolute Gasteiger partial charge is 0.398 e. The molecule has 1 nitrogen and oxygen atoms in total. The predicted molar refractivity (Wildman–Crippen MR) is 68.6 cm³/mol. The monoisotopic (exact) mass is 235 g/mol. The summed E-state index contributed by atoms with van der Waals surface area (Å²) in [6.45, 7) is 0. The first-order valence-electron chi connectivity index (χ1n) is 4.52. The van der Waals surface area contributed by atoms with E-state index in [4.69, 9.17) is 17.3 Å². The molecule has 2 N–H and O–H groups in total. The van der Waals surface area contributed by atoms with Crippen molar-refractivity contribution < 1.29 is 0 Å². The summed E-state index contributed by atoms with van der Waals surface area (Å²) in [6.07, 6.45) is 0. The Labute approximate surface area is 99.3 Å². The van der Waals surface area contributed by atoms with E-state index >= 15 is 0 Å². The molecule has 2 aromatic carbocycles. The minimum absolute atomic E-state index is 0.663. The Morgan fingerprint density at radius 1 is 1.07 bits per heavy atom. The van der Waals surface area contributed by atoms with E-state index in [0.717, 1.165) is 21.0 Å². The Morgan fingerprint density at radius 3 is 2.47 bits per heavy atom. The normalized spacial score (nSPS) is 10.3. The van der Waals surface area contributed by atoms with Gasteiger partial charge in [0.2, 0.25) is 0 Å². The van der Waals surface area contributed by atoms with Crippen molar-refractivity contribution in [3.8, 4) is 11.1 Å². The predicted octanol–water partition coefficient (Wildman–Crippen LogP) is 3.88. The van der Waals surface area contributed by atoms with E-state index in [1.807, 2.05) is 42.5 Å². The van der Waals surface area contributed by atoms with Crippen LogP contribution in [-0.4, -0.2) is 0 Å². The molecule has 0 saturated carbocycles. The molecular weight excluding hydrogens is 226 g/mol. The molecule has 3 heteroatoms. The van der Waals surface area contributed by atoms with Gasteiger partial charge in [-0.25, -0.2) is 0 Å². The van der Waals surface area contributed by atoms with Crippen LogP contribution in [0.1, 0.15) is 0 Å². The lowest BCUT2D eigenvalue weighted by Gasteiger charge is -2.06. The third-order valence-corrected chi connectivity index (χ3v) is 2.95. The van der Waals surface area contributed by atoms with Crippen molar-refractivity contribution in [2.75, 3.05) is 5.73 Å². The van der Waals surface area contributed by atoms with E-state index in [1.54, 1.807) is 0 Å². The standard InChI is InChI=1S/C12H10ClNS/c13-10-4-2-1-3-9(10)8-5-6-12(15)11(14)7-8/h1-7,15H,14H2. The van der Waals surface area contributed by atoms with Gasteiger partial charge in [-0.2, -0.15) is 0 Å². The van der Waals surface area contributed by atoms with Gasteiger partial charge in [-0.05, 0) is 23.8 Å². The van der Waals surface area contributed by atoms with Crippen LogP contribution in [0.5, 0.6) is 0 Å². The zero-order valence-corrected chi connectivity index (χ0v) is 9.59. The van der Waals surface area contributed by atoms with E-state index in [0.29, 0.717) is 5.69 Å². The molecule has 0 atom stereocenters. The molecule has 0 heterocycles. The van der Waals surface area contributed by atoms with Gasteiger partial charge in [0.25, 0.3) is 0 Å². The lowest BCUT2D eigenvalue weighted by Crippen LogP contribution is -1.88. The van der Waals surface area contributed by atoms with E-state index < -0.39 is 0 Å². The number of nitrogens with two attached hydrogens (primary N) is 1. The summed E-state index contributed by atoms with van der Waals surface area (Å²) in [7, 11) is 0. The van der Waals surface area contributed by atoms with Crippen molar-refractivity contribution in [3.63, 3.8) is 0 Å². The second-order valence-electron chi connectivity index (χ2n) is 3.25. The third-order valence-electron chi connectivity index (χ3n) is 2.21. The van der Waals surface area contributed by atoms with Crippen LogP contribution in [0.25, 0.3) is 11.1 Å². The fraction of sp³-hybridized carbons (Fsp3) is 0. The molecule has 0 aliphatic rings. The summed E-state index contributed by atoms with van der Waals surface area (Å²) in [4.78, 5) is 0.783. The van der Waals surface area contributed by atoms with Crippen molar-refractivity contribution in [2.24, 2.45) is 0 Å². The van der Waals surface area contributed by atoms with Gasteiger partial charge in [-0.1, -0.05) is 35.9 Å². The average Bonchev–Trinajstić information content (AvgIpc) is 2.23. The highest BCUT2D eigenvalue weighted by Crippen LogP contribution is 2.30. The highest BCUT2D eigenvalue weighted by molar-refractivity contribution is 7.80. The molecule has 0 aliphatic carbocycles. The number of rotatable bonds is 1. The van der Waals surface area contributed by atoms with Gasteiger partial charge in [0, 0.05) is 21.2 Å². The minimum atomic E-state index is 0.663. The lowest BCUT2D eigenvalue weighted by atomic mass is 10.1. The Hall–Kier alpha value is -1.12. The topological polar surface area (TPSA) is 26.0 Å². The second kappa shape index (κ2) is 4.17. The Kier molecular flexibility index (Phi) is 2.89. The first-order valence-corrected chi connectivity index (χ1v) is 5.34. The molecule has 2 aromatic rings. The Bertz CT molecular complexity index is 497. The highest BCUT2D eigenvalue weighted by Gasteiger charge is 2.03. The average molecular weight is 236 g/mol. The first-order chi connectivity index (χ1) is 7.18. The number of benzene rings is 2. The van der Waals surface area contributed by atoms with Gasteiger partial charge in [0.15, 0.2) is 0 Å². The maximum Gasteiger partial charge on any atom is 0.0484 e. The molecule has 76 valence electrons. The molecule has 0 bridgehead atoms. The summed E-state index contributed by atoms with van der Waals surface area (Å²) in [5.74, 6) is 0. The quantitative estimate of drug-likeness (QED) is 0.570. The molecule has 0 radical (unpaired) electrons. The zero-order chi connectivity index (χ0) is 10.8. The van der Waals surface area contributed by atoms with Crippen molar-refractivity contribution in [1.29, 1.82) is 0 Å². The number of nitrogen functional groups attached to an aromatic ring is 1. The molecule has 0 amide bonds. The molecule has 0 unspecified atom stereocenters. The van der Waals surface area contributed by atoms with Crippen LogP contribution in [-0.2, 0) is 0 Å². The van der Waals surface area contributed by atoms with Gasteiger partial charge in [-0.15, -0.1) is 12.6 Å². The third kappa shape index (κ3) is 2.11. The van der Waals surface area contributed by atoms with Crippen LogP contribution in [0, 0.1) is 0 Å². The van der Waals surface area contributed by atoms with Crippen molar-refractivity contribution >= 4 is 29.9 Å². The zero-order valence-electron chi connectivity index (χ0n) is 7.94. The fourth-order valence-electron chi connectivity index (χ4n) is 1.42.